The molecule has 0 atom stereocenters. The fraction of sp³-hybridized carbons (Fsp3) is 0.0625. The number of benzene rings is 1. The maximum absolute atomic E-state index is 11.9. The highest BCUT2D eigenvalue weighted by molar-refractivity contribution is 9.11. The summed E-state index contributed by atoms with van der Waals surface area (Å²) in [5.74, 6) is 0.0310. The summed E-state index contributed by atoms with van der Waals surface area (Å²) in [6.07, 6.45) is 3.48. The molecule has 0 fully saturated rings. The molecule has 1 nitrogen and oxygen atoms in total. The number of rotatable bonds is 4. The van der Waals surface area contributed by atoms with Gasteiger partial charge in [0.05, 0.1) is 0 Å². The second kappa shape index (κ2) is 6.64. The molecule has 2 rings (SSSR count). The van der Waals surface area contributed by atoms with Crippen molar-refractivity contribution in [1.82, 2.24) is 0 Å². The zero-order valence-electron chi connectivity index (χ0n) is 10.5. The molecule has 3 heteroatoms. The zero-order chi connectivity index (χ0) is 13.7. The standard InChI is InChI=1S/C16H13BrOS/c1-12(17)15(13-5-3-2-4-6-13)7-8-16(18)14-9-10-19-11-14/h2-11H,1H3/b8-7+,15-12+. The monoisotopic (exact) mass is 332 g/mol. The summed E-state index contributed by atoms with van der Waals surface area (Å²) in [4.78, 5) is 11.9. The van der Waals surface area contributed by atoms with Gasteiger partial charge in [-0.15, -0.1) is 0 Å². The van der Waals surface area contributed by atoms with Gasteiger partial charge in [0.15, 0.2) is 5.78 Å². The lowest BCUT2D eigenvalue weighted by Crippen LogP contribution is -1.91. The van der Waals surface area contributed by atoms with Crippen LogP contribution >= 0.6 is 27.3 Å². The number of carbonyl (C=O) groups is 1. The summed E-state index contributed by atoms with van der Waals surface area (Å²) in [5, 5.41) is 3.77. The van der Waals surface area contributed by atoms with Crippen LogP contribution in [0.25, 0.3) is 5.57 Å². The first-order valence-electron chi connectivity index (χ1n) is 5.85. The van der Waals surface area contributed by atoms with Crippen LogP contribution in [-0.2, 0) is 0 Å². The molecule has 19 heavy (non-hydrogen) atoms. The Bertz CT molecular complexity index is 605. The summed E-state index contributed by atoms with van der Waals surface area (Å²) in [6.45, 7) is 1.97. The summed E-state index contributed by atoms with van der Waals surface area (Å²) in [5.41, 5.74) is 2.84. The van der Waals surface area contributed by atoms with Gasteiger partial charge in [-0.3, -0.25) is 4.79 Å². The summed E-state index contributed by atoms with van der Waals surface area (Å²) in [7, 11) is 0. The van der Waals surface area contributed by atoms with Crippen molar-refractivity contribution in [2.24, 2.45) is 0 Å². The van der Waals surface area contributed by atoms with Gasteiger partial charge in [0.2, 0.25) is 0 Å². The number of thiophene rings is 1. The van der Waals surface area contributed by atoms with Crippen molar-refractivity contribution in [3.05, 3.63) is 74.9 Å². The summed E-state index contributed by atoms with van der Waals surface area (Å²) in [6, 6.07) is 11.8. The first-order valence-corrected chi connectivity index (χ1v) is 7.58. The molecule has 0 aliphatic heterocycles. The summed E-state index contributed by atoms with van der Waals surface area (Å²) < 4.78 is 1.01. The normalized spacial score (nSPS) is 12.5. The first kappa shape index (κ1) is 14.0. The molecular formula is C16H13BrOS. The molecule has 0 amide bonds. The fourth-order valence-corrected chi connectivity index (χ4v) is 2.69. The Hall–Kier alpha value is -1.45. The third-order valence-corrected chi connectivity index (χ3v) is 3.77. The van der Waals surface area contributed by atoms with E-state index in [2.05, 4.69) is 15.9 Å². The van der Waals surface area contributed by atoms with Gasteiger partial charge >= 0.3 is 0 Å². The molecule has 0 aliphatic carbocycles. The molecular weight excluding hydrogens is 320 g/mol. The lowest BCUT2D eigenvalue weighted by molar-refractivity contribution is 0.104. The third kappa shape index (κ3) is 3.75. The molecule has 0 saturated carbocycles. The van der Waals surface area contributed by atoms with Crippen LogP contribution in [0.5, 0.6) is 0 Å². The molecule has 0 unspecified atom stereocenters. The van der Waals surface area contributed by atoms with Gasteiger partial charge in [-0.05, 0) is 46.1 Å². The van der Waals surface area contributed by atoms with E-state index in [0.29, 0.717) is 0 Å². The Labute approximate surface area is 125 Å². The van der Waals surface area contributed by atoms with Crippen LogP contribution in [0.15, 0.2) is 63.8 Å². The van der Waals surface area contributed by atoms with Gasteiger partial charge in [0, 0.05) is 10.9 Å². The molecule has 0 aliphatic rings. The Morgan fingerprint density at radius 3 is 2.42 bits per heavy atom. The SMILES string of the molecule is C/C(Br)=C(/C=C/C(=O)c1ccsc1)c1ccccc1. The Balaban J connectivity index is 2.24. The summed E-state index contributed by atoms with van der Waals surface area (Å²) >= 11 is 5.02. The zero-order valence-corrected chi connectivity index (χ0v) is 12.9. The van der Waals surface area contributed by atoms with Gasteiger partial charge in [-0.2, -0.15) is 11.3 Å². The van der Waals surface area contributed by atoms with Gasteiger partial charge in [-0.1, -0.05) is 46.3 Å². The molecule has 1 aromatic heterocycles. The van der Waals surface area contributed by atoms with E-state index < -0.39 is 0 Å². The van der Waals surface area contributed by atoms with Crippen LogP contribution < -0.4 is 0 Å². The second-order valence-corrected chi connectivity index (χ2v) is 5.99. The number of carbonyl (C=O) groups excluding carboxylic acids is 1. The minimum atomic E-state index is 0.0310. The molecule has 0 N–H and O–H groups in total. The smallest absolute Gasteiger partial charge is 0.186 e. The van der Waals surface area contributed by atoms with Crippen molar-refractivity contribution in [3.8, 4) is 0 Å². The topological polar surface area (TPSA) is 17.1 Å². The van der Waals surface area contributed by atoms with Crippen LogP contribution in [0.1, 0.15) is 22.8 Å². The molecule has 0 radical (unpaired) electrons. The molecule has 2 aromatic rings. The lowest BCUT2D eigenvalue weighted by atomic mass is 10.0. The molecule has 0 bridgehead atoms. The minimum Gasteiger partial charge on any atom is -0.289 e. The van der Waals surface area contributed by atoms with Crippen molar-refractivity contribution in [1.29, 1.82) is 0 Å². The fourth-order valence-electron chi connectivity index (χ4n) is 1.69. The predicted molar refractivity (Wildman–Crippen MR) is 85.8 cm³/mol. The van der Waals surface area contributed by atoms with E-state index in [4.69, 9.17) is 0 Å². The second-order valence-electron chi connectivity index (χ2n) is 4.02. The maximum Gasteiger partial charge on any atom is 0.186 e. The Kier molecular flexibility index (Phi) is 4.88. The molecule has 96 valence electrons. The number of ketones is 1. The molecule has 0 saturated heterocycles. The van der Waals surface area contributed by atoms with Crippen molar-refractivity contribution in [3.63, 3.8) is 0 Å². The van der Waals surface area contributed by atoms with Gasteiger partial charge in [-0.25, -0.2) is 0 Å². The van der Waals surface area contributed by atoms with Crippen molar-refractivity contribution < 1.29 is 4.79 Å². The predicted octanol–water partition coefficient (Wildman–Crippen LogP) is 5.31. The number of hydrogen-bond acceptors (Lipinski definition) is 2. The van der Waals surface area contributed by atoms with E-state index in [1.807, 2.05) is 60.2 Å². The van der Waals surface area contributed by atoms with Crippen LogP contribution in [0.3, 0.4) is 0 Å². The van der Waals surface area contributed by atoms with Gasteiger partial charge in [0.1, 0.15) is 0 Å². The number of halogens is 1. The quantitative estimate of drug-likeness (QED) is 0.421. The van der Waals surface area contributed by atoms with E-state index in [-0.39, 0.29) is 5.78 Å². The average Bonchev–Trinajstić information content (AvgIpc) is 2.93. The van der Waals surface area contributed by atoms with E-state index in [1.54, 1.807) is 6.08 Å². The largest absolute Gasteiger partial charge is 0.289 e. The van der Waals surface area contributed by atoms with Crippen LogP contribution in [-0.4, -0.2) is 5.78 Å². The highest BCUT2D eigenvalue weighted by Crippen LogP contribution is 2.24. The van der Waals surface area contributed by atoms with E-state index >= 15 is 0 Å². The van der Waals surface area contributed by atoms with Crippen LogP contribution in [0.4, 0.5) is 0 Å². The van der Waals surface area contributed by atoms with E-state index in [9.17, 15) is 4.79 Å². The third-order valence-electron chi connectivity index (χ3n) is 2.66. The van der Waals surface area contributed by atoms with E-state index in [0.717, 1.165) is 21.2 Å². The van der Waals surface area contributed by atoms with Gasteiger partial charge < -0.3 is 0 Å². The Morgan fingerprint density at radius 1 is 1.11 bits per heavy atom. The van der Waals surface area contributed by atoms with E-state index in [1.165, 1.54) is 11.3 Å². The Morgan fingerprint density at radius 2 is 1.84 bits per heavy atom. The van der Waals surface area contributed by atoms with Crippen LogP contribution in [0.2, 0.25) is 0 Å². The minimum absolute atomic E-state index is 0.0310. The van der Waals surface area contributed by atoms with Crippen LogP contribution in [0, 0.1) is 0 Å². The molecule has 1 aromatic carbocycles. The molecule has 0 spiro atoms. The first-order chi connectivity index (χ1) is 9.18. The van der Waals surface area contributed by atoms with Crippen molar-refractivity contribution >= 4 is 38.6 Å². The highest BCUT2D eigenvalue weighted by atomic mass is 79.9. The van der Waals surface area contributed by atoms with Crippen molar-refractivity contribution in [2.75, 3.05) is 0 Å². The highest BCUT2D eigenvalue weighted by Gasteiger charge is 2.04. The van der Waals surface area contributed by atoms with Gasteiger partial charge in [0.25, 0.3) is 0 Å². The average molecular weight is 333 g/mol. The van der Waals surface area contributed by atoms with Crippen molar-refractivity contribution in [2.45, 2.75) is 6.92 Å². The lowest BCUT2D eigenvalue weighted by Gasteiger charge is -2.03. The molecule has 1 heterocycles. The number of hydrogen-bond donors (Lipinski definition) is 0. The number of allylic oxidation sites excluding steroid dienone is 4. The maximum atomic E-state index is 11.9.